The molecule has 98 valence electrons. The van der Waals surface area contributed by atoms with Gasteiger partial charge in [-0.2, -0.15) is 0 Å². The summed E-state index contributed by atoms with van der Waals surface area (Å²) in [5, 5.41) is 8.93. The highest BCUT2D eigenvalue weighted by Gasteiger charge is 2.15. The molecule has 0 aliphatic rings. The molecule has 0 atom stereocenters. The van der Waals surface area contributed by atoms with Crippen LogP contribution in [0, 0.1) is 5.82 Å². The van der Waals surface area contributed by atoms with Crippen LogP contribution in [-0.2, 0) is 16.1 Å². The third kappa shape index (κ3) is 4.68. The summed E-state index contributed by atoms with van der Waals surface area (Å²) in [4.78, 5) is 22.6. The molecule has 7 heteroatoms. The summed E-state index contributed by atoms with van der Waals surface area (Å²) >= 11 is 5.60. The van der Waals surface area contributed by atoms with Crippen molar-refractivity contribution in [2.24, 2.45) is 5.73 Å². The number of nitrogens with two attached hydrogens (primary N) is 1. The Morgan fingerprint density at radius 3 is 2.56 bits per heavy atom. The van der Waals surface area contributed by atoms with Gasteiger partial charge >= 0.3 is 5.97 Å². The van der Waals surface area contributed by atoms with E-state index in [-0.39, 0.29) is 23.7 Å². The molecule has 0 saturated heterocycles. The van der Waals surface area contributed by atoms with Crippen molar-refractivity contribution in [1.29, 1.82) is 0 Å². The minimum atomic E-state index is -1.12. The summed E-state index contributed by atoms with van der Waals surface area (Å²) < 4.78 is 13.5. The molecule has 1 aromatic carbocycles. The smallest absolute Gasteiger partial charge is 0.317 e. The summed E-state index contributed by atoms with van der Waals surface area (Å²) in [6, 6.07) is 4.05. The number of carboxylic acids is 1. The summed E-state index contributed by atoms with van der Waals surface area (Å²) in [5.74, 6) is -2.35. The molecule has 0 radical (unpaired) electrons. The average molecular weight is 275 g/mol. The monoisotopic (exact) mass is 274 g/mol. The molecule has 0 fully saturated rings. The molecule has 0 bridgehead atoms. The minimum absolute atomic E-state index is 0.0295. The van der Waals surface area contributed by atoms with Crippen LogP contribution >= 0.6 is 11.6 Å². The number of benzene rings is 1. The van der Waals surface area contributed by atoms with Gasteiger partial charge in [0.15, 0.2) is 0 Å². The predicted octanol–water partition coefficient (Wildman–Crippen LogP) is 0.851. The van der Waals surface area contributed by atoms with E-state index in [1.54, 1.807) is 0 Å². The number of nitrogens with zero attached hydrogens (tertiary/aromatic N) is 1. The van der Waals surface area contributed by atoms with Crippen LogP contribution < -0.4 is 5.73 Å². The van der Waals surface area contributed by atoms with E-state index < -0.39 is 24.2 Å². The number of amides is 1. The molecule has 0 spiro atoms. The number of halogens is 2. The van der Waals surface area contributed by atoms with Crippen molar-refractivity contribution in [2.45, 2.75) is 6.54 Å². The Bertz CT molecular complexity index is 452. The maximum atomic E-state index is 13.5. The molecule has 0 aliphatic heterocycles. The average Bonchev–Trinajstić information content (AvgIpc) is 2.20. The summed E-state index contributed by atoms with van der Waals surface area (Å²) in [6.45, 7) is -0.683. The van der Waals surface area contributed by atoms with E-state index in [1.165, 1.54) is 17.0 Å². The van der Waals surface area contributed by atoms with Gasteiger partial charge in [-0.3, -0.25) is 14.5 Å². The van der Waals surface area contributed by atoms with Crippen molar-refractivity contribution >= 4 is 23.5 Å². The van der Waals surface area contributed by atoms with Gasteiger partial charge in [0, 0.05) is 17.1 Å². The van der Waals surface area contributed by atoms with Crippen LogP contribution in [0.25, 0.3) is 0 Å². The number of hydrogen-bond donors (Lipinski definition) is 2. The van der Waals surface area contributed by atoms with E-state index in [4.69, 9.17) is 22.4 Å². The van der Waals surface area contributed by atoms with Gasteiger partial charge in [0.2, 0.25) is 5.91 Å². The van der Waals surface area contributed by atoms with Gasteiger partial charge in [0.05, 0.1) is 13.1 Å². The van der Waals surface area contributed by atoms with Crippen molar-refractivity contribution in [1.82, 2.24) is 4.90 Å². The van der Waals surface area contributed by atoms with E-state index in [1.807, 2.05) is 0 Å². The Hall–Kier alpha value is -1.66. The zero-order valence-electron chi connectivity index (χ0n) is 9.40. The fourth-order valence-electron chi connectivity index (χ4n) is 1.47. The zero-order valence-corrected chi connectivity index (χ0v) is 10.2. The van der Waals surface area contributed by atoms with Crippen LogP contribution in [0.2, 0.25) is 5.02 Å². The van der Waals surface area contributed by atoms with Gasteiger partial charge < -0.3 is 10.8 Å². The van der Waals surface area contributed by atoms with Crippen LogP contribution in [0.3, 0.4) is 0 Å². The maximum Gasteiger partial charge on any atom is 0.317 e. The molecule has 1 amide bonds. The molecule has 3 N–H and O–H groups in total. The Kier molecular flexibility index (Phi) is 5.06. The number of carbonyl (C=O) groups excluding carboxylic acids is 1. The number of aliphatic carboxylic acids is 1. The lowest BCUT2D eigenvalue weighted by atomic mass is 10.2. The molecule has 0 saturated carbocycles. The zero-order chi connectivity index (χ0) is 13.7. The third-order valence-corrected chi connectivity index (χ3v) is 2.38. The normalized spacial score (nSPS) is 10.6. The van der Waals surface area contributed by atoms with E-state index in [2.05, 4.69) is 0 Å². The van der Waals surface area contributed by atoms with Crippen LogP contribution in [0.15, 0.2) is 18.2 Å². The molecular weight excluding hydrogens is 263 g/mol. The topological polar surface area (TPSA) is 83.6 Å². The first-order valence-corrected chi connectivity index (χ1v) is 5.42. The minimum Gasteiger partial charge on any atom is -0.480 e. The first-order chi connectivity index (χ1) is 8.38. The van der Waals surface area contributed by atoms with Crippen LogP contribution in [0.4, 0.5) is 4.39 Å². The molecule has 1 aromatic rings. The lowest BCUT2D eigenvalue weighted by Crippen LogP contribution is -2.37. The van der Waals surface area contributed by atoms with E-state index in [0.717, 1.165) is 6.07 Å². The summed E-state index contributed by atoms with van der Waals surface area (Å²) in [5.41, 5.74) is 5.25. The van der Waals surface area contributed by atoms with Gasteiger partial charge in [-0.1, -0.05) is 17.7 Å². The highest BCUT2D eigenvalue weighted by atomic mass is 35.5. The first kappa shape index (κ1) is 14.4. The second-order valence-electron chi connectivity index (χ2n) is 3.74. The largest absolute Gasteiger partial charge is 0.480 e. The van der Waals surface area contributed by atoms with Crippen molar-refractivity contribution in [2.75, 3.05) is 13.1 Å². The van der Waals surface area contributed by atoms with Gasteiger partial charge in [0.25, 0.3) is 0 Å². The SMILES string of the molecule is NC(=O)CN(CC(=O)O)Cc1ccc(Cl)cc1F. The van der Waals surface area contributed by atoms with Crippen molar-refractivity contribution in [3.8, 4) is 0 Å². The quantitative estimate of drug-likeness (QED) is 0.805. The molecule has 0 heterocycles. The summed E-state index contributed by atoms with van der Waals surface area (Å²) in [7, 11) is 0. The fourth-order valence-corrected chi connectivity index (χ4v) is 1.63. The van der Waals surface area contributed by atoms with Gasteiger partial charge in [-0.25, -0.2) is 4.39 Å². The molecule has 1 rings (SSSR count). The number of carboxylic acid groups (broad SMARTS) is 1. The third-order valence-electron chi connectivity index (χ3n) is 2.15. The molecule has 0 aromatic heterocycles. The number of primary amides is 1. The van der Waals surface area contributed by atoms with E-state index in [0.29, 0.717) is 0 Å². The lowest BCUT2D eigenvalue weighted by Gasteiger charge is -2.18. The van der Waals surface area contributed by atoms with E-state index >= 15 is 0 Å². The lowest BCUT2D eigenvalue weighted by molar-refractivity contribution is -0.138. The maximum absolute atomic E-state index is 13.5. The molecule has 18 heavy (non-hydrogen) atoms. The molecule has 0 unspecified atom stereocenters. The first-order valence-electron chi connectivity index (χ1n) is 5.05. The van der Waals surface area contributed by atoms with Crippen molar-refractivity contribution in [3.05, 3.63) is 34.6 Å². The van der Waals surface area contributed by atoms with Gasteiger partial charge in [-0.15, -0.1) is 0 Å². The highest BCUT2D eigenvalue weighted by molar-refractivity contribution is 6.30. The van der Waals surface area contributed by atoms with Crippen LogP contribution in [0.1, 0.15) is 5.56 Å². The Morgan fingerprint density at radius 2 is 2.06 bits per heavy atom. The number of rotatable bonds is 6. The molecule has 0 aliphatic carbocycles. The van der Waals surface area contributed by atoms with Gasteiger partial charge in [-0.05, 0) is 12.1 Å². The van der Waals surface area contributed by atoms with Gasteiger partial charge in [0.1, 0.15) is 5.82 Å². The standard InChI is InChI=1S/C11H12ClFN2O3/c12-8-2-1-7(9(13)3-8)4-15(5-10(14)16)6-11(17)18/h1-3H,4-6H2,(H2,14,16)(H,17,18). The van der Waals surface area contributed by atoms with Crippen LogP contribution in [0.5, 0.6) is 0 Å². The Labute approximate surface area is 108 Å². The predicted molar refractivity (Wildman–Crippen MR) is 63.5 cm³/mol. The van der Waals surface area contributed by atoms with Crippen LogP contribution in [-0.4, -0.2) is 35.0 Å². The van der Waals surface area contributed by atoms with Crippen molar-refractivity contribution < 1.29 is 19.1 Å². The second-order valence-corrected chi connectivity index (χ2v) is 4.18. The highest BCUT2D eigenvalue weighted by Crippen LogP contribution is 2.16. The number of carbonyl (C=O) groups is 2. The molecular formula is C11H12ClFN2O3. The summed E-state index contributed by atoms with van der Waals surface area (Å²) in [6.07, 6.45) is 0. The second kappa shape index (κ2) is 6.32. The van der Waals surface area contributed by atoms with Crippen molar-refractivity contribution in [3.63, 3.8) is 0 Å². The van der Waals surface area contributed by atoms with E-state index in [9.17, 15) is 14.0 Å². The number of hydrogen-bond acceptors (Lipinski definition) is 3. The fraction of sp³-hybridized carbons (Fsp3) is 0.273. The Morgan fingerprint density at radius 1 is 1.39 bits per heavy atom. The Balaban J connectivity index is 2.81. The molecule has 5 nitrogen and oxygen atoms in total.